The zero-order chi connectivity index (χ0) is 13.7. The standard InChI is InChI=1S/C16H33N3/c1-14(2)17-12-15-6-4-10-19(13-15)16-7-5-9-18(3)11-8-16/h14-17H,4-13H2,1-3H3. The van der Waals surface area contributed by atoms with Crippen molar-refractivity contribution in [3.05, 3.63) is 0 Å². The third-order valence-electron chi connectivity index (χ3n) is 4.80. The quantitative estimate of drug-likeness (QED) is 0.842. The van der Waals surface area contributed by atoms with E-state index in [1.807, 2.05) is 0 Å². The van der Waals surface area contributed by atoms with E-state index in [4.69, 9.17) is 0 Å². The van der Waals surface area contributed by atoms with Crippen LogP contribution in [0.1, 0.15) is 46.0 Å². The van der Waals surface area contributed by atoms with Crippen molar-refractivity contribution in [1.82, 2.24) is 15.1 Å². The summed E-state index contributed by atoms with van der Waals surface area (Å²) in [5, 5.41) is 3.62. The van der Waals surface area contributed by atoms with Crippen molar-refractivity contribution >= 4 is 0 Å². The molecule has 1 N–H and O–H groups in total. The zero-order valence-corrected chi connectivity index (χ0v) is 13.2. The summed E-state index contributed by atoms with van der Waals surface area (Å²) in [7, 11) is 2.27. The molecule has 19 heavy (non-hydrogen) atoms. The highest BCUT2D eigenvalue weighted by Crippen LogP contribution is 2.23. The SMILES string of the molecule is CC(C)NCC1CCCN(C2CCCN(C)CC2)C1. The molecule has 0 radical (unpaired) electrons. The molecular formula is C16H33N3. The van der Waals surface area contributed by atoms with E-state index in [1.165, 1.54) is 64.8 Å². The number of piperidine rings is 1. The lowest BCUT2D eigenvalue weighted by Gasteiger charge is -2.38. The second kappa shape index (κ2) is 7.61. The molecule has 3 heteroatoms. The Balaban J connectivity index is 1.79. The maximum atomic E-state index is 3.62. The maximum Gasteiger partial charge on any atom is 0.0108 e. The second-order valence-corrected chi connectivity index (χ2v) is 6.95. The predicted octanol–water partition coefficient (Wildman–Crippen LogP) is 2.18. The first-order valence-electron chi connectivity index (χ1n) is 8.31. The van der Waals surface area contributed by atoms with Gasteiger partial charge in [0.1, 0.15) is 0 Å². The van der Waals surface area contributed by atoms with E-state index in [1.54, 1.807) is 0 Å². The lowest BCUT2D eigenvalue weighted by atomic mass is 9.94. The third kappa shape index (κ3) is 5.05. The minimum atomic E-state index is 0.627. The molecule has 0 spiro atoms. The van der Waals surface area contributed by atoms with Crippen LogP contribution in [0.5, 0.6) is 0 Å². The molecule has 0 bridgehead atoms. The predicted molar refractivity (Wildman–Crippen MR) is 82.6 cm³/mol. The van der Waals surface area contributed by atoms with Gasteiger partial charge in [-0.25, -0.2) is 0 Å². The highest BCUT2D eigenvalue weighted by atomic mass is 15.2. The number of nitrogens with zero attached hydrogens (tertiary/aromatic N) is 2. The van der Waals surface area contributed by atoms with Crippen LogP contribution in [0.2, 0.25) is 0 Å². The molecular weight excluding hydrogens is 234 g/mol. The van der Waals surface area contributed by atoms with Crippen molar-refractivity contribution in [2.75, 3.05) is 39.8 Å². The Kier molecular flexibility index (Phi) is 6.11. The van der Waals surface area contributed by atoms with Crippen LogP contribution in [0.3, 0.4) is 0 Å². The van der Waals surface area contributed by atoms with E-state index in [0.29, 0.717) is 6.04 Å². The smallest absolute Gasteiger partial charge is 0.0108 e. The van der Waals surface area contributed by atoms with Gasteiger partial charge in [-0.2, -0.15) is 0 Å². The summed E-state index contributed by atoms with van der Waals surface area (Å²) in [5.74, 6) is 0.872. The Labute approximate surface area is 119 Å². The molecule has 2 saturated heterocycles. The molecule has 2 atom stereocenters. The molecule has 112 valence electrons. The number of likely N-dealkylation sites (tertiary alicyclic amines) is 2. The fourth-order valence-electron chi connectivity index (χ4n) is 3.59. The lowest BCUT2D eigenvalue weighted by molar-refractivity contribution is 0.111. The van der Waals surface area contributed by atoms with E-state index in [9.17, 15) is 0 Å². The third-order valence-corrected chi connectivity index (χ3v) is 4.80. The molecule has 2 aliphatic heterocycles. The van der Waals surface area contributed by atoms with Gasteiger partial charge >= 0.3 is 0 Å². The summed E-state index contributed by atoms with van der Waals surface area (Å²) in [6, 6.07) is 1.48. The van der Waals surface area contributed by atoms with Crippen molar-refractivity contribution < 1.29 is 0 Å². The van der Waals surface area contributed by atoms with Crippen LogP contribution in [0.15, 0.2) is 0 Å². The van der Waals surface area contributed by atoms with Crippen LogP contribution in [-0.2, 0) is 0 Å². The number of nitrogens with one attached hydrogen (secondary N) is 1. The molecule has 2 rings (SSSR count). The summed E-state index contributed by atoms with van der Waals surface area (Å²) >= 11 is 0. The first-order chi connectivity index (χ1) is 9.15. The Morgan fingerprint density at radius 1 is 1.05 bits per heavy atom. The molecule has 2 aliphatic rings. The Morgan fingerprint density at radius 3 is 2.63 bits per heavy atom. The van der Waals surface area contributed by atoms with E-state index in [0.717, 1.165) is 12.0 Å². The van der Waals surface area contributed by atoms with Gasteiger partial charge in [0.05, 0.1) is 0 Å². The van der Waals surface area contributed by atoms with Crippen LogP contribution < -0.4 is 5.32 Å². The highest BCUT2D eigenvalue weighted by molar-refractivity contribution is 4.82. The van der Waals surface area contributed by atoms with E-state index in [-0.39, 0.29) is 0 Å². The van der Waals surface area contributed by atoms with Crippen LogP contribution in [0.4, 0.5) is 0 Å². The van der Waals surface area contributed by atoms with Gasteiger partial charge in [0.2, 0.25) is 0 Å². The average Bonchev–Trinajstić information content (AvgIpc) is 2.62. The summed E-state index contributed by atoms with van der Waals surface area (Å²) in [4.78, 5) is 5.30. The molecule has 0 aromatic heterocycles. The second-order valence-electron chi connectivity index (χ2n) is 6.95. The van der Waals surface area contributed by atoms with E-state index < -0.39 is 0 Å². The van der Waals surface area contributed by atoms with Crippen LogP contribution >= 0.6 is 0 Å². The monoisotopic (exact) mass is 267 g/mol. The van der Waals surface area contributed by atoms with Gasteiger partial charge in [-0.1, -0.05) is 13.8 Å². The van der Waals surface area contributed by atoms with Crippen LogP contribution in [0, 0.1) is 5.92 Å². The fourth-order valence-corrected chi connectivity index (χ4v) is 3.59. The van der Waals surface area contributed by atoms with Gasteiger partial charge in [0.25, 0.3) is 0 Å². The van der Waals surface area contributed by atoms with Gasteiger partial charge in [-0.05, 0) is 71.2 Å². The summed E-state index contributed by atoms with van der Waals surface area (Å²) in [6.07, 6.45) is 6.99. The average molecular weight is 267 g/mol. The topological polar surface area (TPSA) is 18.5 Å². The van der Waals surface area contributed by atoms with Crippen LogP contribution in [0.25, 0.3) is 0 Å². The molecule has 0 aromatic rings. The molecule has 0 aromatic carbocycles. The lowest BCUT2D eigenvalue weighted by Crippen LogP contribution is -2.46. The maximum absolute atomic E-state index is 3.62. The summed E-state index contributed by atoms with van der Waals surface area (Å²) in [5.41, 5.74) is 0. The number of hydrogen-bond acceptors (Lipinski definition) is 3. The van der Waals surface area contributed by atoms with Crippen molar-refractivity contribution in [2.24, 2.45) is 5.92 Å². The number of hydrogen-bond donors (Lipinski definition) is 1. The van der Waals surface area contributed by atoms with E-state index >= 15 is 0 Å². The summed E-state index contributed by atoms with van der Waals surface area (Å²) in [6.45, 7) is 11.0. The van der Waals surface area contributed by atoms with E-state index in [2.05, 4.69) is 36.0 Å². The molecule has 0 saturated carbocycles. The highest BCUT2D eigenvalue weighted by Gasteiger charge is 2.26. The fraction of sp³-hybridized carbons (Fsp3) is 1.00. The first kappa shape index (κ1) is 15.3. The Bertz CT molecular complexity index is 254. The van der Waals surface area contributed by atoms with Crippen molar-refractivity contribution in [3.63, 3.8) is 0 Å². The van der Waals surface area contributed by atoms with Crippen LogP contribution in [-0.4, -0.2) is 61.7 Å². The van der Waals surface area contributed by atoms with Crippen molar-refractivity contribution in [2.45, 2.75) is 58.0 Å². The molecule has 2 unspecified atom stereocenters. The Hall–Kier alpha value is -0.120. The molecule has 2 fully saturated rings. The Morgan fingerprint density at radius 2 is 1.84 bits per heavy atom. The normalized spacial score (nSPS) is 31.6. The van der Waals surface area contributed by atoms with Gasteiger partial charge in [0, 0.05) is 18.6 Å². The zero-order valence-electron chi connectivity index (χ0n) is 13.2. The van der Waals surface area contributed by atoms with Gasteiger partial charge in [-0.15, -0.1) is 0 Å². The molecule has 3 nitrogen and oxygen atoms in total. The molecule has 0 aliphatic carbocycles. The minimum Gasteiger partial charge on any atom is -0.314 e. The van der Waals surface area contributed by atoms with Gasteiger partial charge in [0.15, 0.2) is 0 Å². The van der Waals surface area contributed by atoms with Crippen molar-refractivity contribution in [1.29, 1.82) is 0 Å². The van der Waals surface area contributed by atoms with Crippen molar-refractivity contribution in [3.8, 4) is 0 Å². The van der Waals surface area contributed by atoms with Gasteiger partial charge in [-0.3, -0.25) is 0 Å². The molecule has 0 amide bonds. The number of rotatable bonds is 4. The molecule has 2 heterocycles. The summed E-state index contributed by atoms with van der Waals surface area (Å²) < 4.78 is 0. The first-order valence-corrected chi connectivity index (χ1v) is 8.31. The van der Waals surface area contributed by atoms with Gasteiger partial charge < -0.3 is 15.1 Å². The largest absolute Gasteiger partial charge is 0.314 e. The minimum absolute atomic E-state index is 0.627.